The molecule has 68 valence electrons. The molecule has 0 aliphatic rings. The first-order chi connectivity index (χ1) is 6.02. The van der Waals surface area contributed by atoms with Crippen LogP contribution < -0.4 is 5.73 Å². The predicted molar refractivity (Wildman–Crippen MR) is 47.4 cm³/mol. The van der Waals surface area contributed by atoms with Crippen LogP contribution in [0.5, 0.6) is 0 Å². The number of Topliss-reactive ketones (excluding diaryl/α,β-unsaturated/α-hetero) is 1. The molecule has 13 heavy (non-hydrogen) atoms. The molecule has 0 amide bonds. The van der Waals surface area contributed by atoms with Crippen molar-refractivity contribution in [3.05, 3.63) is 35.1 Å². The second-order valence-corrected chi connectivity index (χ2v) is 2.66. The molecule has 0 aliphatic heterocycles. The van der Waals surface area contributed by atoms with E-state index in [0.29, 0.717) is 5.56 Å². The van der Waals surface area contributed by atoms with E-state index in [1.54, 1.807) is 0 Å². The van der Waals surface area contributed by atoms with Gasteiger partial charge in [0.1, 0.15) is 11.7 Å². The fourth-order valence-corrected chi connectivity index (χ4v) is 0.963. The standard InChI is InChI=1S/C9H9FN2O/c1-5(13)7-4-6(9(11)12)2-3-8(7)10/h2-4H,1H3,(H3,11,12). The van der Waals surface area contributed by atoms with Crippen LogP contribution in [0.4, 0.5) is 4.39 Å². The van der Waals surface area contributed by atoms with Crippen LogP contribution in [0.2, 0.25) is 0 Å². The lowest BCUT2D eigenvalue weighted by atomic mass is 10.1. The van der Waals surface area contributed by atoms with E-state index in [0.717, 1.165) is 6.07 Å². The van der Waals surface area contributed by atoms with Gasteiger partial charge in [0.05, 0.1) is 5.56 Å². The van der Waals surface area contributed by atoms with Crippen molar-refractivity contribution in [1.82, 2.24) is 0 Å². The number of ketones is 1. The molecule has 1 aromatic carbocycles. The van der Waals surface area contributed by atoms with Crippen LogP contribution in [-0.4, -0.2) is 11.6 Å². The Morgan fingerprint density at radius 2 is 2.15 bits per heavy atom. The highest BCUT2D eigenvalue weighted by molar-refractivity contribution is 6.00. The molecular formula is C9H9FN2O. The Hall–Kier alpha value is -1.71. The molecule has 0 atom stereocenters. The number of carbonyl (C=O) groups excluding carboxylic acids is 1. The van der Waals surface area contributed by atoms with E-state index in [1.165, 1.54) is 19.1 Å². The number of hydrogen-bond donors (Lipinski definition) is 2. The van der Waals surface area contributed by atoms with Crippen molar-refractivity contribution in [3.8, 4) is 0 Å². The van der Waals surface area contributed by atoms with E-state index in [2.05, 4.69) is 0 Å². The van der Waals surface area contributed by atoms with Gasteiger partial charge in [-0.2, -0.15) is 0 Å². The van der Waals surface area contributed by atoms with Crippen LogP contribution in [-0.2, 0) is 0 Å². The van der Waals surface area contributed by atoms with Gasteiger partial charge >= 0.3 is 0 Å². The lowest BCUT2D eigenvalue weighted by molar-refractivity contribution is 0.101. The first-order valence-electron chi connectivity index (χ1n) is 3.67. The molecule has 0 fully saturated rings. The first-order valence-corrected chi connectivity index (χ1v) is 3.67. The number of nitrogens with two attached hydrogens (primary N) is 1. The second kappa shape index (κ2) is 3.35. The normalized spacial score (nSPS) is 9.69. The van der Waals surface area contributed by atoms with Crippen molar-refractivity contribution in [3.63, 3.8) is 0 Å². The van der Waals surface area contributed by atoms with Gasteiger partial charge in [0, 0.05) is 5.56 Å². The molecular weight excluding hydrogens is 171 g/mol. The third-order valence-corrected chi connectivity index (χ3v) is 1.66. The number of rotatable bonds is 2. The SMILES string of the molecule is CC(=O)c1cc(C(=N)N)ccc1F. The van der Waals surface area contributed by atoms with Gasteiger partial charge < -0.3 is 5.73 Å². The Balaban J connectivity index is 3.27. The molecule has 0 radical (unpaired) electrons. The largest absolute Gasteiger partial charge is 0.384 e. The zero-order valence-corrected chi connectivity index (χ0v) is 7.10. The maximum Gasteiger partial charge on any atom is 0.162 e. The third kappa shape index (κ3) is 1.90. The predicted octanol–water partition coefficient (Wildman–Crippen LogP) is 1.31. The minimum Gasteiger partial charge on any atom is -0.384 e. The van der Waals surface area contributed by atoms with Gasteiger partial charge in [-0.05, 0) is 25.1 Å². The molecule has 0 aliphatic carbocycles. The van der Waals surface area contributed by atoms with Crippen molar-refractivity contribution in [1.29, 1.82) is 5.41 Å². The molecule has 1 rings (SSSR count). The Labute approximate surface area is 74.9 Å². The summed E-state index contributed by atoms with van der Waals surface area (Å²) in [5.74, 6) is -1.14. The van der Waals surface area contributed by atoms with Gasteiger partial charge in [0.25, 0.3) is 0 Å². The van der Waals surface area contributed by atoms with Crippen LogP contribution in [0.25, 0.3) is 0 Å². The third-order valence-electron chi connectivity index (χ3n) is 1.66. The lowest BCUT2D eigenvalue weighted by Gasteiger charge is -2.01. The van der Waals surface area contributed by atoms with Gasteiger partial charge in [-0.25, -0.2) is 4.39 Å². The van der Waals surface area contributed by atoms with Crippen molar-refractivity contribution in [2.75, 3.05) is 0 Å². The Morgan fingerprint density at radius 3 is 2.62 bits per heavy atom. The second-order valence-electron chi connectivity index (χ2n) is 2.66. The van der Waals surface area contributed by atoms with Crippen LogP contribution >= 0.6 is 0 Å². The van der Waals surface area contributed by atoms with Gasteiger partial charge in [-0.3, -0.25) is 10.2 Å². The van der Waals surface area contributed by atoms with Crippen LogP contribution in [0, 0.1) is 11.2 Å². The van der Waals surface area contributed by atoms with E-state index in [1.807, 2.05) is 0 Å². The summed E-state index contributed by atoms with van der Waals surface area (Å²) in [7, 11) is 0. The lowest BCUT2D eigenvalue weighted by Crippen LogP contribution is -2.12. The van der Waals surface area contributed by atoms with Crippen molar-refractivity contribution >= 4 is 11.6 Å². The minimum atomic E-state index is -0.586. The number of carbonyl (C=O) groups is 1. The number of nitrogen functional groups attached to an aromatic ring is 1. The zero-order valence-electron chi connectivity index (χ0n) is 7.10. The molecule has 0 saturated heterocycles. The van der Waals surface area contributed by atoms with Crippen LogP contribution in [0.3, 0.4) is 0 Å². The molecule has 3 nitrogen and oxygen atoms in total. The molecule has 0 heterocycles. The molecule has 0 aromatic heterocycles. The number of benzene rings is 1. The number of hydrogen-bond acceptors (Lipinski definition) is 2. The maximum atomic E-state index is 13.0. The van der Waals surface area contributed by atoms with Crippen LogP contribution in [0.1, 0.15) is 22.8 Å². The molecule has 0 bridgehead atoms. The fraction of sp³-hybridized carbons (Fsp3) is 0.111. The summed E-state index contributed by atoms with van der Waals surface area (Å²) in [5, 5.41) is 7.09. The number of nitrogens with one attached hydrogen (secondary N) is 1. The molecule has 0 unspecified atom stereocenters. The Bertz CT molecular complexity index is 374. The van der Waals surface area contributed by atoms with E-state index < -0.39 is 5.82 Å². The average molecular weight is 180 g/mol. The highest BCUT2D eigenvalue weighted by Gasteiger charge is 2.08. The summed E-state index contributed by atoms with van der Waals surface area (Å²) >= 11 is 0. The van der Waals surface area contributed by atoms with Crippen molar-refractivity contribution < 1.29 is 9.18 Å². The van der Waals surface area contributed by atoms with Gasteiger partial charge in [0.15, 0.2) is 5.78 Å². The van der Waals surface area contributed by atoms with Gasteiger partial charge in [-0.15, -0.1) is 0 Å². The summed E-state index contributed by atoms with van der Waals surface area (Å²) < 4.78 is 13.0. The molecule has 0 spiro atoms. The van der Waals surface area contributed by atoms with Crippen molar-refractivity contribution in [2.24, 2.45) is 5.73 Å². The monoisotopic (exact) mass is 180 g/mol. The topological polar surface area (TPSA) is 66.9 Å². The van der Waals surface area contributed by atoms with Crippen molar-refractivity contribution in [2.45, 2.75) is 6.92 Å². The van der Waals surface area contributed by atoms with E-state index >= 15 is 0 Å². The summed E-state index contributed by atoms with van der Waals surface area (Å²) in [5.41, 5.74) is 5.50. The number of amidine groups is 1. The Kier molecular flexibility index (Phi) is 2.41. The highest BCUT2D eigenvalue weighted by Crippen LogP contribution is 2.10. The summed E-state index contributed by atoms with van der Waals surface area (Å²) in [6.45, 7) is 1.27. The quantitative estimate of drug-likeness (QED) is 0.409. The van der Waals surface area contributed by atoms with E-state index in [4.69, 9.17) is 11.1 Å². The van der Waals surface area contributed by atoms with E-state index in [9.17, 15) is 9.18 Å². The highest BCUT2D eigenvalue weighted by atomic mass is 19.1. The van der Waals surface area contributed by atoms with Gasteiger partial charge in [0.2, 0.25) is 0 Å². The van der Waals surface area contributed by atoms with E-state index in [-0.39, 0.29) is 17.2 Å². The fourth-order valence-electron chi connectivity index (χ4n) is 0.963. The molecule has 0 saturated carbocycles. The average Bonchev–Trinajstić information content (AvgIpc) is 2.04. The zero-order chi connectivity index (χ0) is 10.0. The molecule has 1 aromatic rings. The summed E-state index contributed by atoms with van der Waals surface area (Å²) in [6.07, 6.45) is 0. The first kappa shape index (κ1) is 9.38. The summed E-state index contributed by atoms with van der Waals surface area (Å²) in [6, 6.07) is 3.78. The maximum absolute atomic E-state index is 13.0. The summed E-state index contributed by atoms with van der Waals surface area (Å²) in [4.78, 5) is 10.9. The van der Waals surface area contributed by atoms with Gasteiger partial charge in [-0.1, -0.05) is 0 Å². The number of halogens is 1. The molecule has 3 N–H and O–H groups in total. The molecule has 4 heteroatoms. The minimum absolute atomic E-state index is 0.0345. The van der Waals surface area contributed by atoms with Crippen LogP contribution in [0.15, 0.2) is 18.2 Å². The smallest absolute Gasteiger partial charge is 0.162 e. The Morgan fingerprint density at radius 1 is 1.54 bits per heavy atom.